The third-order valence-electron chi connectivity index (χ3n) is 2.40. The van der Waals surface area contributed by atoms with Crippen LogP contribution in [-0.2, 0) is 0 Å². The van der Waals surface area contributed by atoms with Crippen molar-refractivity contribution >= 4 is 5.82 Å². The highest BCUT2D eigenvalue weighted by Crippen LogP contribution is 2.28. The zero-order chi connectivity index (χ0) is 13.1. The minimum atomic E-state index is -1.04. The quantitative estimate of drug-likeness (QED) is 0.911. The number of rotatable bonds is 3. The van der Waals surface area contributed by atoms with Crippen LogP contribution in [0.5, 0.6) is 11.6 Å². The van der Waals surface area contributed by atoms with E-state index < -0.39 is 11.6 Å². The first kappa shape index (κ1) is 12.2. The summed E-state index contributed by atoms with van der Waals surface area (Å²) in [6.45, 7) is 1.72. The SMILES string of the molecule is CNc1ncnc(Oc2cccc(F)c2F)c1C. The lowest BCUT2D eigenvalue weighted by Gasteiger charge is -2.10. The van der Waals surface area contributed by atoms with Crippen LogP contribution in [0.3, 0.4) is 0 Å². The van der Waals surface area contributed by atoms with Gasteiger partial charge < -0.3 is 10.1 Å². The molecule has 0 saturated heterocycles. The average Bonchev–Trinajstić information content (AvgIpc) is 2.37. The van der Waals surface area contributed by atoms with Crippen LogP contribution in [0.15, 0.2) is 24.5 Å². The molecule has 1 heterocycles. The first-order valence-corrected chi connectivity index (χ1v) is 5.24. The van der Waals surface area contributed by atoms with Crippen LogP contribution in [0.4, 0.5) is 14.6 Å². The van der Waals surface area contributed by atoms with Crippen molar-refractivity contribution in [1.82, 2.24) is 9.97 Å². The Bertz CT molecular complexity index is 575. The minimum absolute atomic E-state index is 0.179. The summed E-state index contributed by atoms with van der Waals surface area (Å²) in [5.41, 5.74) is 0.615. The molecule has 1 N–H and O–H groups in total. The topological polar surface area (TPSA) is 47.0 Å². The van der Waals surface area contributed by atoms with Crippen molar-refractivity contribution in [2.24, 2.45) is 0 Å². The Morgan fingerprint density at radius 1 is 1.22 bits per heavy atom. The molecule has 0 amide bonds. The molecule has 2 rings (SSSR count). The van der Waals surface area contributed by atoms with E-state index in [4.69, 9.17) is 4.74 Å². The van der Waals surface area contributed by atoms with Gasteiger partial charge >= 0.3 is 0 Å². The fraction of sp³-hybridized carbons (Fsp3) is 0.167. The fourth-order valence-corrected chi connectivity index (χ4v) is 1.46. The molecule has 2 aromatic rings. The van der Waals surface area contributed by atoms with E-state index in [0.717, 1.165) is 6.07 Å². The summed E-state index contributed by atoms with van der Waals surface area (Å²) in [7, 11) is 1.70. The van der Waals surface area contributed by atoms with E-state index in [9.17, 15) is 8.78 Å². The number of aromatic nitrogens is 2. The standard InChI is InChI=1S/C12H11F2N3O/c1-7-11(15-2)16-6-17-12(7)18-9-5-3-4-8(13)10(9)14/h3-6H,1-2H3,(H,15,16,17). The van der Waals surface area contributed by atoms with Crippen LogP contribution in [-0.4, -0.2) is 17.0 Å². The van der Waals surface area contributed by atoms with Gasteiger partial charge in [0, 0.05) is 7.05 Å². The Kier molecular flexibility index (Phi) is 3.36. The zero-order valence-electron chi connectivity index (χ0n) is 9.87. The molecule has 0 saturated carbocycles. The summed E-state index contributed by atoms with van der Waals surface area (Å²) >= 11 is 0. The van der Waals surface area contributed by atoms with Crippen molar-refractivity contribution in [1.29, 1.82) is 0 Å². The van der Waals surface area contributed by atoms with Gasteiger partial charge in [0.2, 0.25) is 11.7 Å². The molecule has 0 unspecified atom stereocenters. The van der Waals surface area contributed by atoms with Gasteiger partial charge in [0.15, 0.2) is 11.6 Å². The fourth-order valence-electron chi connectivity index (χ4n) is 1.46. The number of benzene rings is 1. The lowest BCUT2D eigenvalue weighted by Crippen LogP contribution is -2.01. The van der Waals surface area contributed by atoms with E-state index in [-0.39, 0.29) is 11.6 Å². The second kappa shape index (κ2) is 4.95. The van der Waals surface area contributed by atoms with Crippen LogP contribution >= 0.6 is 0 Å². The molecule has 1 aromatic heterocycles. The maximum absolute atomic E-state index is 13.4. The molecular formula is C12H11F2N3O. The number of halogens is 2. The molecule has 6 heteroatoms. The van der Waals surface area contributed by atoms with Crippen molar-refractivity contribution in [2.75, 3.05) is 12.4 Å². The molecular weight excluding hydrogens is 240 g/mol. The van der Waals surface area contributed by atoms with Gasteiger partial charge in [-0.25, -0.2) is 14.4 Å². The normalized spacial score (nSPS) is 10.2. The lowest BCUT2D eigenvalue weighted by molar-refractivity contribution is 0.403. The average molecular weight is 251 g/mol. The van der Waals surface area contributed by atoms with Gasteiger partial charge in [-0.15, -0.1) is 0 Å². The summed E-state index contributed by atoms with van der Waals surface area (Å²) in [6, 6.07) is 3.72. The van der Waals surface area contributed by atoms with Crippen molar-refractivity contribution in [2.45, 2.75) is 6.92 Å². The Labute approximate surface area is 103 Å². The summed E-state index contributed by atoms with van der Waals surface area (Å²) in [6.07, 6.45) is 1.28. The third kappa shape index (κ3) is 2.22. The number of nitrogens with one attached hydrogen (secondary N) is 1. The zero-order valence-corrected chi connectivity index (χ0v) is 9.87. The van der Waals surface area contributed by atoms with E-state index >= 15 is 0 Å². The van der Waals surface area contributed by atoms with E-state index in [1.54, 1.807) is 14.0 Å². The summed E-state index contributed by atoms with van der Waals surface area (Å²) < 4.78 is 31.7. The molecule has 0 aliphatic carbocycles. The van der Waals surface area contributed by atoms with Crippen LogP contribution in [0.25, 0.3) is 0 Å². The molecule has 0 fully saturated rings. The molecule has 0 aliphatic rings. The van der Waals surface area contributed by atoms with Crippen LogP contribution in [0, 0.1) is 18.6 Å². The summed E-state index contributed by atoms with van der Waals surface area (Å²) in [5.74, 6) is -1.47. The number of ether oxygens (including phenoxy) is 1. The molecule has 94 valence electrons. The van der Waals surface area contributed by atoms with Gasteiger partial charge in [0.1, 0.15) is 12.1 Å². The van der Waals surface area contributed by atoms with Gasteiger partial charge in [0.05, 0.1) is 5.56 Å². The Morgan fingerprint density at radius 2 is 2.00 bits per heavy atom. The van der Waals surface area contributed by atoms with E-state index in [0.29, 0.717) is 11.4 Å². The first-order chi connectivity index (χ1) is 8.63. The highest BCUT2D eigenvalue weighted by Gasteiger charge is 2.13. The van der Waals surface area contributed by atoms with E-state index in [1.807, 2.05) is 0 Å². The summed E-state index contributed by atoms with van der Waals surface area (Å²) in [5, 5.41) is 2.85. The number of nitrogens with zero attached hydrogens (tertiary/aromatic N) is 2. The highest BCUT2D eigenvalue weighted by atomic mass is 19.2. The van der Waals surface area contributed by atoms with Gasteiger partial charge in [-0.3, -0.25) is 0 Å². The maximum Gasteiger partial charge on any atom is 0.227 e. The monoisotopic (exact) mass is 251 g/mol. The molecule has 4 nitrogen and oxygen atoms in total. The number of anilines is 1. The molecule has 0 spiro atoms. The Balaban J connectivity index is 2.37. The number of hydrogen-bond donors (Lipinski definition) is 1. The van der Waals surface area contributed by atoms with Crippen molar-refractivity contribution in [3.8, 4) is 11.6 Å². The Hall–Kier alpha value is -2.24. The highest BCUT2D eigenvalue weighted by molar-refractivity contribution is 5.48. The second-order valence-electron chi connectivity index (χ2n) is 3.56. The van der Waals surface area contributed by atoms with Crippen LogP contribution < -0.4 is 10.1 Å². The summed E-state index contributed by atoms with van der Waals surface area (Å²) in [4.78, 5) is 7.86. The molecule has 0 atom stereocenters. The van der Waals surface area contributed by atoms with Gasteiger partial charge in [-0.05, 0) is 19.1 Å². The lowest BCUT2D eigenvalue weighted by atomic mass is 10.3. The van der Waals surface area contributed by atoms with Gasteiger partial charge in [-0.2, -0.15) is 4.39 Å². The molecule has 0 bridgehead atoms. The largest absolute Gasteiger partial charge is 0.435 e. The minimum Gasteiger partial charge on any atom is -0.435 e. The van der Waals surface area contributed by atoms with Crippen molar-refractivity contribution in [3.05, 3.63) is 41.7 Å². The number of hydrogen-bond acceptors (Lipinski definition) is 4. The molecule has 0 aliphatic heterocycles. The predicted octanol–water partition coefficient (Wildman–Crippen LogP) is 2.90. The van der Waals surface area contributed by atoms with E-state index in [2.05, 4.69) is 15.3 Å². The first-order valence-electron chi connectivity index (χ1n) is 5.24. The predicted molar refractivity (Wildman–Crippen MR) is 62.7 cm³/mol. The van der Waals surface area contributed by atoms with Crippen molar-refractivity contribution in [3.63, 3.8) is 0 Å². The van der Waals surface area contributed by atoms with Gasteiger partial charge in [-0.1, -0.05) is 6.07 Å². The van der Waals surface area contributed by atoms with E-state index in [1.165, 1.54) is 18.5 Å². The van der Waals surface area contributed by atoms with Crippen molar-refractivity contribution < 1.29 is 13.5 Å². The Morgan fingerprint density at radius 3 is 2.72 bits per heavy atom. The maximum atomic E-state index is 13.4. The second-order valence-corrected chi connectivity index (χ2v) is 3.56. The van der Waals surface area contributed by atoms with Crippen LogP contribution in [0.1, 0.15) is 5.56 Å². The van der Waals surface area contributed by atoms with Crippen LogP contribution in [0.2, 0.25) is 0 Å². The molecule has 18 heavy (non-hydrogen) atoms. The molecule has 0 radical (unpaired) electrons. The smallest absolute Gasteiger partial charge is 0.227 e. The third-order valence-corrected chi connectivity index (χ3v) is 2.40. The van der Waals surface area contributed by atoms with Gasteiger partial charge in [0.25, 0.3) is 0 Å². The molecule has 1 aromatic carbocycles.